The molecule has 1 aliphatic heterocycles. The van der Waals surface area contributed by atoms with Crippen LogP contribution in [0.3, 0.4) is 0 Å². The molecule has 0 radical (unpaired) electrons. The summed E-state index contributed by atoms with van der Waals surface area (Å²) in [6, 6.07) is 11.9. The average Bonchev–Trinajstić information content (AvgIpc) is 3.00. The lowest BCUT2D eigenvalue weighted by Gasteiger charge is -2.36. The van der Waals surface area contributed by atoms with E-state index in [0.29, 0.717) is 11.7 Å². The van der Waals surface area contributed by atoms with Gasteiger partial charge >= 0.3 is 0 Å². The number of anilines is 1. The third-order valence-corrected chi connectivity index (χ3v) is 5.33. The second kappa shape index (κ2) is 7.68. The molecule has 24 heavy (non-hydrogen) atoms. The summed E-state index contributed by atoms with van der Waals surface area (Å²) < 4.78 is 0. The van der Waals surface area contributed by atoms with Gasteiger partial charge < -0.3 is 10.6 Å². The number of rotatable bonds is 2. The van der Waals surface area contributed by atoms with E-state index >= 15 is 0 Å². The fourth-order valence-electron chi connectivity index (χ4n) is 4.07. The number of halogens is 2. The molecule has 0 unspecified atom stereocenters. The molecular weight excluding hydrogens is 345 g/mol. The van der Waals surface area contributed by atoms with Crippen LogP contribution < -0.4 is 10.6 Å². The van der Waals surface area contributed by atoms with E-state index in [4.69, 9.17) is 0 Å². The summed E-state index contributed by atoms with van der Waals surface area (Å²) >= 11 is 0. The molecular formula is C18H23Cl2N3O. The van der Waals surface area contributed by atoms with Crippen LogP contribution >= 0.6 is 24.8 Å². The third kappa shape index (κ3) is 3.23. The van der Waals surface area contributed by atoms with Crippen LogP contribution in [0.2, 0.25) is 0 Å². The molecule has 2 atom stereocenters. The van der Waals surface area contributed by atoms with Gasteiger partial charge in [-0.05, 0) is 43.5 Å². The van der Waals surface area contributed by atoms with Crippen LogP contribution in [-0.4, -0.2) is 24.0 Å². The lowest BCUT2D eigenvalue weighted by molar-refractivity contribution is -0.128. The van der Waals surface area contributed by atoms with Crippen molar-refractivity contribution in [2.75, 3.05) is 18.4 Å². The number of benzene rings is 1. The molecule has 2 N–H and O–H groups in total. The summed E-state index contributed by atoms with van der Waals surface area (Å²) in [7, 11) is 0. The Kier molecular flexibility index (Phi) is 6.07. The van der Waals surface area contributed by atoms with E-state index in [1.165, 1.54) is 6.42 Å². The second-order valence-corrected chi connectivity index (χ2v) is 6.57. The monoisotopic (exact) mass is 367 g/mol. The van der Waals surface area contributed by atoms with Crippen LogP contribution in [0, 0.1) is 11.3 Å². The molecule has 2 fully saturated rings. The van der Waals surface area contributed by atoms with Crippen LogP contribution in [0.15, 0.2) is 36.4 Å². The Morgan fingerprint density at radius 3 is 2.88 bits per heavy atom. The first-order valence-corrected chi connectivity index (χ1v) is 8.16. The normalized spacial score (nSPS) is 25.2. The number of hydrogen-bond acceptors (Lipinski definition) is 3. The highest BCUT2D eigenvalue weighted by molar-refractivity contribution is 5.96. The molecule has 2 aromatic rings. The van der Waals surface area contributed by atoms with Gasteiger partial charge in [0, 0.05) is 11.9 Å². The number of pyridine rings is 1. The highest BCUT2D eigenvalue weighted by Gasteiger charge is 2.49. The zero-order valence-corrected chi connectivity index (χ0v) is 15.1. The zero-order chi connectivity index (χ0) is 15.0. The Labute approximate surface area is 154 Å². The smallest absolute Gasteiger partial charge is 0.233 e. The van der Waals surface area contributed by atoms with E-state index in [-0.39, 0.29) is 36.1 Å². The summed E-state index contributed by atoms with van der Waals surface area (Å²) in [5, 5.41) is 7.59. The van der Waals surface area contributed by atoms with Gasteiger partial charge in [-0.25, -0.2) is 4.98 Å². The molecule has 1 aromatic carbocycles. The van der Waals surface area contributed by atoms with Gasteiger partial charge in [-0.3, -0.25) is 4.79 Å². The summed E-state index contributed by atoms with van der Waals surface area (Å²) in [5.41, 5.74) is 0.688. The number of amides is 1. The van der Waals surface area contributed by atoms with Crippen molar-refractivity contribution in [3.8, 4) is 0 Å². The van der Waals surface area contributed by atoms with Gasteiger partial charge in [-0.15, -0.1) is 24.8 Å². The topological polar surface area (TPSA) is 54.0 Å². The number of carbonyl (C=O) groups is 1. The van der Waals surface area contributed by atoms with Crippen molar-refractivity contribution in [2.24, 2.45) is 11.3 Å². The molecule has 4 rings (SSSR count). The molecule has 0 spiro atoms. The standard InChI is InChI=1S/C18H21N3O.2ClH/c22-17(18-10-4-3-6-14(18)11-19-12-18)21-16-9-8-13-5-1-2-7-15(13)20-16;;/h1-2,5,7-9,14,19H,3-4,6,10-12H2,(H,20,21,22);2*1H/t14-,18+;;/m0../s1. The lowest BCUT2D eigenvalue weighted by Crippen LogP contribution is -2.44. The summed E-state index contributed by atoms with van der Waals surface area (Å²) in [6.07, 6.45) is 4.54. The van der Waals surface area contributed by atoms with E-state index in [9.17, 15) is 4.79 Å². The van der Waals surface area contributed by atoms with Crippen LogP contribution in [0.25, 0.3) is 10.9 Å². The van der Waals surface area contributed by atoms with E-state index in [1.807, 2.05) is 36.4 Å². The fourth-order valence-corrected chi connectivity index (χ4v) is 4.07. The first-order valence-electron chi connectivity index (χ1n) is 8.16. The molecule has 1 saturated carbocycles. The maximum Gasteiger partial charge on any atom is 0.233 e. The molecule has 0 bridgehead atoms. The molecule has 1 aromatic heterocycles. The molecule has 6 heteroatoms. The minimum Gasteiger partial charge on any atom is -0.315 e. The predicted molar refractivity (Wildman–Crippen MR) is 102 cm³/mol. The van der Waals surface area contributed by atoms with Gasteiger partial charge in [-0.2, -0.15) is 0 Å². The number of fused-ring (bicyclic) bond motifs is 2. The molecule has 1 saturated heterocycles. The Morgan fingerprint density at radius 1 is 1.17 bits per heavy atom. The minimum absolute atomic E-state index is 0. The van der Waals surface area contributed by atoms with Crippen molar-refractivity contribution in [3.63, 3.8) is 0 Å². The molecule has 1 amide bonds. The van der Waals surface area contributed by atoms with E-state index in [0.717, 1.165) is 43.3 Å². The van der Waals surface area contributed by atoms with Crippen LogP contribution in [0.1, 0.15) is 25.7 Å². The Morgan fingerprint density at radius 2 is 2.00 bits per heavy atom. The summed E-state index contributed by atoms with van der Waals surface area (Å²) in [6.45, 7) is 1.77. The van der Waals surface area contributed by atoms with Crippen molar-refractivity contribution < 1.29 is 4.79 Å². The van der Waals surface area contributed by atoms with Crippen LogP contribution in [0.5, 0.6) is 0 Å². The Balaban J connectivity index is 0.00000104. The van der Waals surface area contributed by atoms with Gasteiger partial charge in [0.15, 0.2) is 0 Å². The van der Waals surface area contributed by atoms with Gasteiger partial charge in [0.05, 0.1) is 10.9 Å². The van der Waals surface area contributed by atoms with Crippen molar-refractivity contribution >= 4 is 47.4 Å². The SMILES string of the molecule is Cl.Cl.O=C(Nc1ccc2ccccc2n1)[C@@]12CCCC[C@H]1CNC2. The second-order valence-electron chi connectivity index (χ2n) is 6.57. The van der Waals surface area contributed by atoms with Crippen LogP contribution in [-0.2, 0) is 4.79 Å². The number of carbonyl (C=O) groups excluding carboxylic acids is 1. The van der Waals surface area contributed by atoms with Gasteiger partial charge in [0.2, 0.25) is 5.91 Å². The summed E-state index contributed by atoms with van der Waals surface area (Å²) in [5.74, 6) is 1.28. The van der Waals surface area contributed by atoms with E-state index in [1.54, 1.807) is 0 Å². The fraction of sp³-hybridized carbons (Fsp3) is 0.444. The first kappa shape index (κ1) is 19.0. The van der Waals surface area contributed by atoms with E-state index < -0.39 is 0 Å². The van der Waals surface area contributed by atoms with Crippen molar-refractivity contribution in [3.05, 3.63) is 36.4 Å². The van der Waals surface area contributed by atoms with Crippen molar-refractivity contribution in [1.29, 1.82) is 0 Å². The Bertz CT molecular complexity index is 724. The summed E-state index contributed by atoms with van der Waals surface area (Å²) in [4.78, 5) is 17.5. The van der Waals surface area contributed by atoms with Crippen molar-refractivity contribution in [2.45, 2.75) is 25.7 Å². The quantitative estimate of drug-likeness (QED) is 0.848. The average molecular weight is 368 g/mol. The zero-order valence-electron chi connectivity index (χ0n) is 13.5. The van der Waals surface area contributed by atoms with E-state index in [2.05, 4.69) is 15.6 Å². The highest BCUT2D eigenvalue weighted by Crippen LogP contribution is 2.44. The predicted octanol–water partition coefficient (Wildman–Crippen LogP) is 3.80. The number of para-hydroxylation sites is 1. The number of nitrogens with one attached hydrogen (secondary N) is 2. The van der Waals surface area contributed by atoms with Gasteiger partial charge in [-0.1, -0.05) is 31.0 Å². The number of aromatic nitrogens is 1. The molecule has 2 aliphatic rings. The molecule has 1 aliphatic carbocycles. The highest BCUT2D eigenvalue weighted by atomic mass is 35.5. The molecule has 2 heterocycles. The lowest BCUT2D eigenvalue weighted by atomic mass is 9.67. The first-order chi connectivity index (χ1) is 10.8. The Hall–Kier alpha value is -1.36. The van der Waals surface area contributed by atoms with Gasteiger partial charge in [0.1, 0.15) is 5.82 Å². The third-order valence-electron chi connectivity index (χ3n) is 5.33. The molecule has 130 valence electrons. The minimum atomic E-state index is -0.231. The van der Waals surface area contributed by atoms with Crippen LogP contribution in [0.4, 0.5) is 5.82 Å². The maximum atomic E-state index is 12.9. The molecule has 4 nitrogen and oxygen atoms in total. The van der Waals surface area contributed by atoms with Gasteiger partial charge in [0.25, 0.3) is 0 Å². The number of hydrogen-bond donors (Lipinski definition) is 2. The van der Waals surface area contributed by atoms with Crippen molar-refractivity contribution in [1.82, 2.24) is 10.3 Å². The maximum absolute atomic E-state index is 12.9. The number of nitrogens with zero attached hydrogens (tertiary/aromatic N) is 1. The largest absolute Gasteiger partial charge is 0.315 e.